The first kappa shape index (κ1) is 14.2. The van der Waals surface area contributed by atoms with Gasteiger partial charge < -0.3 is 5.11 Å². The van der Waals surface area contributed by atoms with Crippen LogP contribution in [-0.2, 0) is 11.2 Å². The highest BCUT2D eigenvalue weighted by Crippen LogP contribution is 2.31. The number of carboxylic acid groups (broad SMARTS) is 1. The average molecular weight is 363 g/mol. The van der Waals surface area contributed by atoms with Gasteiger partial charge in [0.25, 0.3) is 0 Å². The second-order valence-corrected chi connectivity index (χ2v) is 6.26. The van der Waals surface area contributed by atoms with E-state index in [0.717, 1.165) is 31.8 Å². The van der Waals surface area contributed by atoms with Gasteiger partial charge in [-0.1, -0.05) is 18.2 Å². The molecule has 0 amide bonds. The van der Waals surface area contributed by atoms with Crippen molar-refractivity contribution in [2.75, 3.05) is 0 Å². The average Bonchev–Trinajstić information content (AvgIpc) is 2.93. The monoisotopic (exact) mass is 362 g/mol. The molecule has 21 heavy (non-hydrogen) atoms. The molecule has 2 heterocycles. The second kappa shape index (κ2) is 5.91. The van der Waals surface area contributed by atoms with E-state index in [2.05, 4.69) is 25.9 Å². The number of para-hydroxylation sites is 1. The van der Waals surface area contributed by atoms with Gasteiger partial charge in [0.05, 0.1) is 17.6 Å². The maximum Gasteiger partial charge on any atom is 0.303 e. The van der Waals surface area contributed by atoms with Crippen molar-refractivity contribution in [1.29, 1.82) is 0 Å². The van der Waals surface area contributed by atoms with Gasteiger partial charge in [-0.25, -0.2) is 9.97 Å². The first-order valence-corrected chi connectivity index (χ1v) is 8.02. The number of fused-ring (bicyclic) bond motifs is 1. The second-order valence-electron chi connectivity index (χ2n) is 4.55. The number of aromatic nitrogens is 2. The molecule has 0 spiro atoms. The number of carbonyl (C=O) groups is 1. The van der Waals surface area contributed by atoms with E-state index < -0.39 is 5.97 Å². The molecule has 0 bridgehead atoms. The third kappa shape index (κ3) is 3.11. The summed E-state index contributed by atoms with van der Waals surface area (Å²) in [5.41, 5.74) is 2.50. The molecular formula is C15H11BrN2O2S. The largest absolute Gasteiger partial charge is 0.481 e. The van der Waals surface area contributed by atoms with Gasteiger partial charge in [-0.3, -0.25) is 4.79 Å². The number of aliphatic carboxylic acids is 1. The van der Waals surface area contributed by atoms with Crippen LogP contribution in [-0.4, -0.2) is 21.0 Å². The summed E-state index contributed by atoms with van der Waals surface area (Å²) in [5, 5.41) is 12.5. The molecule has 1 N–H and O–H groups in total. The van der Waals surface area contributed by atoms with Crippen molar-refractivity contribution in [3.63, 3.8) is 0 Å². The molecule has 0 fully saturated rings. The van der Waals surface area contributed by atoms with Crippen LogP contribution in [0.25, 0.3) is 21.6 Å². The van der Waals surface area contributed by atoms with Crippen molar-refractivity contribution in [2.45, 2.75) is 12.8 Å². The topological polar surface area (TPSA) is 63.1 Å². The molecule has 0 aliphatic rings. The molecule has 0 saturated carbocycles. The summed E-state index contributed by atoms with van der Waals surface area (Å²) in [6.07, 6.45) is 0.534. The number of hydrogen-bond acceptors (Lipinski definition) is 4. The van der Waals surface area contributed by atoms with E-state index in [1.807, 2.05) is 35.7 Å². The maximum absolute atomic E-state index is 10.6. The number of pyridine rings is 1. The standard InChI is InChI=1S/C15H11BrN2O2S/c16-11-7-9-3-1-2-4-12(9)18-14(11)15-17-10(8-21-15)5-6-13(19)20/h1-4,7-8H,5-6H2,(H,19,20). The van der Waals surface area contributed by atoms with Crippen LogP contribution in [0.1, 0.15) is 12.1 Å². The molecule has 2 aromatic heterocycles. The van der Waals surface area contributed by atoms with Crippen molar-refractivity contribution >= 4 is 44.1 Å². The quantitative estimate of drug-likeness (QED) is 0.757. The Morgan fingerprint density at radius 1 is 1.29 bits per heavy atom. The fourth-order valence-electron chi connectivity index (χ4n) is 2.01. The van der Waals surface area contributed by atoms with Crippen molar-refractivity contribution < 1.29 is 9.90 Å². The molecule has 0 aliphatic heterocycles. The molecule has 0 unspecified atom stereocenters. The Morgan fingerprint density at radius 3 is 2.90 bits per heavy atom. The Kier molecular flexibility index (Phi) is 3.98. The molecule has 0 aliphatic carbocycles. The molecule has 3 aromatic rings. The normalized spacial score (nSPS) is 10.9. The highest BCUT2D eigenvalue weighted by Gasteiger charge is 2.12. The molecule has 106 valence electrons. The van der Waals surface area contributed by atoms with E-state index >= 15 is 0 Å². The number of benzene rings is 1. The lowest BCUT2D eigenvalue weighted by atomic mass is 10.2. The first-order valence-electron chi connectivity index (χ1n) is 6.35. The molecule has 0 radical (unpaired) electrons. The molecule has 6 heteroatoms. The number of aryl methyl sites for hydroxylation is 1. The summed E-state index contributed by atoms with van der Waals surface area (Å²) < 4.78 is 0.889. The Balaban J connectivity index is 1.96. The zero-order valence-electron chi connectivity index (χ0n) is 10.9. The van der Waals surface area contributed by atoms with Gasteiger partial charge in [-0.05, 0) is 28.1 Å². The highest BCUT2D eigenvalue weighted by atomic mass is 79.9. The van der Waals surface area contributed by atoms with Crippen LogP contribution in [0.15, 0.2) is 40.2 Å². The molecule has 4 nitrogen and oxygen atoms in total. The molecular weight excluding hydrogens is 352 g/mol. The third-order valence-electron chi connectivity index (χ3n) is 3.03. The highest BCUT2D eigenvalue weighted by molar-refractivity contribution is 9.10. The van der Waals surface area contributed by atoms with Gasteiger partial charge in [0.2, 0.25) is 0 Å². The lowest BCUT2D eigenvalue weighted by Crippen LogP contribution is -1.97. The van der Waals surface area contributed by atoms with Crippen LogP contribution in [0.2, 0.25) is 0 Å². The number of carboxylic acids is 1. The fourth-order valence-corrected chi connectivity index (χ4v) is 3.52. The van der Waals surface area contributed by atoms with Gasteiger partial charge in [-0.15, -0.1) is 11.3 Å². The Bertz CT molecular complexity index is 816. The van der Waals surface area contributed by atoms with E-state index in [1.54, 1.807) is 0 Å². The summed E-state index contributed by atoms with van der Waals surface area (Å²) in [6, 6.07) is 9.92. The zero-order valence-corrected chi connectivity index (χ0v) is 13.3. The van der Waals surface area contributed by atoms with E-state index in [4.69, 9.17) is 5.11 Å². The number of thiazole rings is 1. The van der Waals surface area contributed by atoms with Crippen LogP contribution in [0.5, 0.6) is 0 Å². The molecule has 1 aromatic carbocycles. The lowest BCUT2D eigenvalue weighted by molar-refractivity contribution is -0.136. The minimum Gasteiger partial charge on any atom is -0.481 e. The lowest BCUT2D eigenvalue weighted by Gasteiger charge is -2.03. The van der Waals surface area contributed by atoms with Crippen LogP contribution >= 0.6 is 27.3 Å². The predicted octanol–water partition coefficient (Wildman–Crippen LogP) is 4.14. The van der Waals surface area contributed by atoms with Crippen LogP contribution < -0.4 is 0 Å². The predicted molar refractivity (Wildman–Crippen MR) is 86.5 cm³/mol. The van der Waals surface area contributed by atoms with Gasteiger partial charge in [0.15, 0.2) is 0 Å². The van der Waals surface area contributed by atoms with Crippen molar-refractivity contribution in [2.24, 2.45) is 0 Å². The summed E-state index contributed by atoms with van der Waals surface area (Å²) >= 11 is 5.02. The first-order chi connectivity index (χ1) is 10.1. The van der Waals surface area contributed by atoms with Crippen LogP contribution in [0, 0.1) is 0 Å². The van der Waals surface area contributed by atoms with Gasteiger partial charge >= 0.3 is 5.97 Å². The maximum atomic E-state index is 10.6. The van der Waals surface area contributed by atoms with Gasteiger partial charge in [0.1, 0.15) is 10.7 Å². The minimum absolute atomic E-state index is 0.0927. The molecule has 3 rings (SSSR count). The minimum atomic E-state index is -0.811. The van der Waals surface area contributed by atoms with Crippen molar-refractivity contribution in [1.82, 2.24) is 9.97 Å². The van der Waals surface area contributed by atoms with E-state index in [-0.39, 0.29) is 6.42 Å². The SMILES string of the molecule is O=C(O)CCc1csc(-c2nc3ccccc3cc2Br)n1. The third-order valence-corrected chi connectivity index (χ3v) is 4.53. The summed E-state index contributed by atoms with van der Waals surface area (Å²) in [6.45, 7) is 0. The van der Waals surface area contributed by atoms with Crippen LogP contribution in [0.4, 0.5) is 0 Å². The molecule has 0 saturated heterocycles. The molecule has 0 atom stereocenters. The number of nitrogens with zero attached hydrogens (tertiary/aromatic N) is 2. The summed E-state index contributed by atoms with van der Waals surface area (Å²) in [5.74, 6) is -0.811. The van der Waals surface area contributed by atoms with Crippen LogP contribution in [0.3, 0.4) is 0 Å². The van der Waals surface area contributed by atoms with Crippen molar-refractivity contribution in [3.8, 4) is 10.7 Å². The summed E-state index contributed by atoms with van der Waals surface area (Å²) in [7, 11) is 0. The van der Waals surface area contributed by atoms with E-state index in [0.29, 0.717) is 6.42 Å². The van der Waals surface area contributed by atoms with Crippen molar-refractivity contribution in [3.05, 3.63) is 45.9 Å². The van der Waals surface area contributed by atoms with Gasteiger partial charge in [-0.2, -0.15) is 0 Å². The number of hydrogen-bond donors (Lipinski definition) is 1. The fraction of sp³-hybridized carbons (Fsp3) is 0.133. The summed E-state index contributed by atoms with van der Waals surface area (Å²) in [4.78, 5) is 19.7. The Morgan fingerprint density at radius 2 is 2.10 bits per heavy atom. The Labute approximate surface area is 133 Å². The smallest absolute Gasteiger partial charge is 0.303 e. The van der Waals surface area contributed by atoms with E-state index in [9.17, 15) is 4.79 Å². The number of halogens is 1. The van der Waals surface area contributed by atoms with E-state index in [1.165, 1.54) is 11.3 Å². The zero-order chi connectivity index (χ0) is 14.8. The Hall–Kier alpha value is -1.79. The number of rotatable bonds is 4. The van der Waals surface area contributed by atoms with Gasteiger partial charge in [0, 0.05) is 21.7 Å².